The molecular formula is C35H29Cl2F3N4O. The van der Waals surface area contributed by atoms with Gasteiger partial charge in [-0.1, -0.05) is 96.0 Å². The number of alkyl halides is 3. The van der Waals surface area contributed by atoms with Crippen LogP contribution in [0.5, 0.6) is 0 Å². The maximum Gasteiger partial charge on any atom is 0.416 e. The fourth-order valence-electron chi connectivity index (χ4n) is 5.74. The molecule has 5 nitrogen and oxygen atoms in total. The lowest BCUT2D eigenvalue weighted by molar-refractivity contribution is -0.137. The quantitative estimate of drug-likeness (QED) is 0.158. The predicted octanol–water partition coefficient (Wildman–Crippen LogP) is 8.45. The Hall–Kier alpha value is -3.95. The fraction of sp³-hybridized carbons (Fsp3) is 0.200. The maximum absolute atomic E-state index is 13.8. The molecule has 0 bridgehead atoms. The summed E-state index contributed by atoms with van der Waals surface area (Å²) >= 11 is 12.4. The lowest BCUT2D eigenvalue weighted by Crippen LogP contribution is -2.49. The lowest BCUT2D eigenvalue weighted by atomic mass is 9.96. The standard InChI is InChI=1S/C35H29Cl2F3N4O/c36-30-15-14-26(20-31(30)37)33-29(22-44(41-33)28-13-7-12-27(21-28)35(38,39)40)32(45)23-42-16-18-43(19-17-42)34(24-8-3-1-4-9-24)25-10-5-2-6-11-25/h1-15,20-22,34H,16-19,23H2. The number of Topliss-reactive ketones (excluding diaryl/α,β-unsaturated/α-hetero) is 1. The van der Waals surface area contributed by atoms with Gasteiger partial charge in [-0.25, -0.2) is 4.68 Å². The van der Waals surface area contributed by atoms with E-state index in [4.69, 9.17) is 23.2 Å². The number of piperazine rings is 1. The molecule has 0 atom stereocenters. The van der Waals surface area contributed by atoms with Crippen molar-refractivity contribution in [1.29, 1.82) is 0 Å². The highest BCUT2D eigenvalue weighted by molar-refractivity contribution is 6.42. The van der Waals surface area contributed by atoms with E-state index in [9.17, 15) is 18.0 Å². The fourth-order valence-corrected chi connectivity index (χ4v) is 6.04. The number of carbonyl (C=O) groups is 1. The second-order valence-electron chi connectivity index (χ2n) is 11.0. The molecule has 230 valence electrons. The minimum absolute atomic E-state index is 0.0946. The van der Waals surface area contributed by atoms with Crippen LogP contribution in [-0.4, -0.2) is 58.1 Å². The minimum atomic E-state index is -4.52. The van der Waals surface area contributed by atoms with Gasteiger partial charge >= 0.3 is 6.18 Å². The Bertz CT molecular complexity index is 1750. The van der Waals surface area contributed by atoms with E-state index in [-0.39, 0.29) is 29.1 Å². The number of hydrogen-bond donors (Lipinski definition) is 0. The normalized spacial score (nSPS) is 14.6. The molecule has 1 aliphatic rings. The number of halogens is 5. The van der Waals surface area contributed by atoms with Crippen LogP contribution in [0.1, 0.15) is 33.1 Å². The van der Waals surface area contributed by atoms with Crippen molar-refractivity contribution in [3.8, 4) is 16.9 Å². The van der Waals surface area contributed by atoms with Crippen LogP contribution >= 0.6 is 23.2 Å². The average molecular weight is 650 g/mol. The van der Waals surface area contributed by atoms with Crippen molar-refractivity contribution < 1.29 is 18.0 Å². The van der Waals surface area contributed by atoms with Gasteiger partial charge in [-0.15, -0.1) is 0 Å². The van der Waals surface area contributed by atoms with E-state index in [2.05, 4.69) is 39.2 Å². The molecule has 2 heterocycles. The highest BCUT2D eigenvalue weighted by atomic mass is 35.5. The Morgan fingerprint density at radius 2 is 1.42 bits per heavy atom. The molecule has 0 aliphatic carbocycles. The Balaban J connectivity index is 1.24. The predicted molar refractivity (Wildman–Crippen MR) is 171 cm³/mol. The van der Waals surface area contributed by atoms with E-state index in [0.29, 0.717) is 34.9 Å². The van der Waals surface area contributed by atoms with E-state index in [1.165, 1.54) is 34.1 Å². The number of rotatable bonds is 8. The monoisotopic (exact) mass is 648 g/mol. The lowest BCUT2D eigenvalue weighted by Gasteiger charge is -2.39. The van der Waals surface area contributed by atoms with Gasteiger partial charge in [-0.05, 0) is 41.5 Å². The summed E-state index contributed by atoms with van der Waals surface area (Å²) in [4.78, 5) is 18.4. The first kappa shape index (κ1) is 31.0. The van der Waals surface area contributed by atoms with Gasteiger partial charge in [0.25, 0.3) is 0 Å². The van der Waals surface area contributed by atoms with Gasteiger partial charge < -0.3 is 0 Å². The highest BCUT2D eigenvalue weighted by Gasteiger charge is 2.31. The summed E-state index contributed by atoms with van der Waals surface area (Å²) in [6, 6.07) is 30.6. The molecule has 0 radical (unpaired) electrons. The molecular weight excluding hydrogens is 620 g/mol. The molecule has 45 heavy (non-hydrogen) atoms. The molecule has 10 heteroatoms. The summed E-state index contributed by atoms with van der Waals surface area (Å²) in [5.41, 5.74) is 2.95. The summed E-state index contributed by atoms with van der Waals surface area (Å²) in [7, 11) is 0. The van der Waals surface area contributed by atoms with Crippen molar-refractivity contribution in [2.24, 2.45) is 0 Å². The van der Waals surface area contributed by atoms with E-state index in [0.717, 1.165) is 25.2 Å². The molecule has 4 aromatic carbocycles. The summed E-state index contributed by atoms with van der Waals surface area (Å²) in [6.07, 6.45) is -3.02. The van der Waals surface area contributed by atoms with Gasteiger partial charge in [0.15, 0.2) is 5.78 Å². The van der Waals surface area contributed by atoms with E-state index >= 15 is 0 Å². The van der Waals surface area contributed by atoms with Gasteiger partial charge in [0.1, 0.15) is 5.69 Å². The second kappa shape index (κ2) is 13.2. The highest BCUT2D eigenvalue weighted by Crippen LogP contribution is 2.34. The minimum Gasteiger partial charge on any atom is -0.293 e. The van der Waals surface area contributed by atoms with Crippen molar-refractivity contribution in [3.63, 3.8) is 0 Å². The Morgan fingerprint density at radius 3 is 2.02 bits per heavy atom. The molecule has 1 aliphatic heterocycles. The Morgan fingerprint density at radius 1 is 0.778 bits per heavy atom. The van der Waals surface area contributed by atoms with Gasteiger partial charge in [0.05, 0.1) is 39.4 Å². The van der Waals surface area contributed by atoms with Crippen molar-refractivity contribution >= 4 is 29.0 Å². The van der Waals surface area contributed by atoms with Crippen LogP contribution in [0.25, 0.3) is 16.9 Å². The number of hydrogen-bond acceptors (Lipinski definition) is 4. The zero-order valence-corrected chi connectivity index (χ0v) is 25.6. The van der Waals surface area contributed by atoms with Crippen LogP contribution in [0.4, 0.5) is 13.2 Å². The third-order valence-corrected chi connectivity index (χ3v) is 8.75. The molecule has 0 amide bonds. The van der Waals surface area contributed by atoms with E-state index in [1.54, 1.807) is 18.2 Å². The van der Waals surface area contributed by atoms with Crippen LogP contribution in [0.3, 0.4) is 0 Å². The number of nitrogens with zero attached hydrogens (tertiary/aromatic N) is 4. The van der Waals surface area contributed by atoms with E-state index < -0.39 is 11.7 Å². The second-order valence-corrected chi connectivity index (χ2v) is 11.8. The molecule has 5 aromatic rings. The smallest absolute Gasteiger partial charge is 0.293 e. The first-order chi connectivity index (χ1) is 21.7. The summed E-state index contributed by atoms with van der Waals surface area (Å²) in [5.74, 6) is -0.189. The molecule has 0 spiro atoms. The first-order valence-electron chi connectivity index (χ1n) is 14.5. The number of benzene rings is 4. The average Bonchev–Trinajstić information content (AvgIpc) is 3.50. The zero-order valence-electron chi connectivity index (χ0n) is 24.1. The van der Waals surface area contributed by atoms with Crippen molar-refractivity contribution in [2.75, 3.05) is 32.7 Å². The third-order valence-electron chi connectivity index (χ3n) is 8.02. The SMILES string of the molecule is O=C(CN1CCN(C(c2ccccc2)c2ccccc2)CC1)c1cn(-c2cccc(C(F)(F)F)c2)nc1-c1ccc(Cl)c(Cl)c1. The molecule has 6 rings (SSSR count). The largest absolute Gasteiger partial charge is 0.416 e. The third kappa shape index (κ3) is 6.99. The van der Waals surface area contributed by atoms with Crippen molar-refractivity contribution in [2.45, 2.75) is 12.2 Å². The van der Waals surface area contributed by atoms with Crippen LogP contribution in [0, 0.1) is 0 Å². The van der Waals surface area contributed by atoms with Crippen LogP contribution in [0.15, 0.2) is 109 Å². The van der Waals surface area contributed by atoms with Crippen molar-refractivity contribution in [1.82, 2.24) is 19.6 Å². The molecule has 1 saturated heterocycles. The first-order valence-corrected chi connectivity index (χ1v) is 15.3. The Labute approximate surface area is 269 Å². The molecule has 0 unspecified atom stereocenters. The molecule has 1 fully saturated rings. The van der Waals surface area contributed by atoms with Gasteiger partial charge in [0, 0.05) is 37.9 Å². The molecule has 0 saturated carbocycles. The summed E-state index contributed by atoms with van der Waals surface area (Å²) < 4.78 is 41.7. The Kier molecular flexibility index (Phi) is 9.10. The van der Waals surface area contributed by atoms with Crippen LogP contribution in [-0.2, 0) is 6.18 Å². The molecule has 1 aromatic heterocycles. The number of aromatic nitrogens is 2. The van der Waals surface area contributed by atoms with Crippen LogP contribution in [0.2, 0.25) is 10.0 Å². The molecule has 0 N–H and O–H groups in total. The van der Waals surface area contributed by atoms with Gasteiger partial charge in [-0.3, -0.25) is 14.6 Å². The summed E-state index contributed by atoms with van der Waals surface area (Å²) in [5, 5.41) is 5.18. The van der Waals surface area contributed by atoms with Gasteiger partial charge in [-0.2, -0.15) is 18.3 Å². The van der Waals surface area contributed by atoms with E-state index in [1.807, 2.05) is 36.4 Å². The number of ketones is 1. The number of carbonyl (C=O) groups excluding carboxylic acids is 1. The summed E-state index contributed by atoms with van der Waals surface area (Å²) in [6.45, 7) is 2.99. The topological polar surface area (TPSA) is 41.4 Å². The van der Waals surface area contributed by atoms with Crippen molar-refractivity contribution in [3.05, 3.63) is 142 Å². The maximum atomic E-state index is 13.8. The zero-order chi connectivity index (χ0) is 31.6. The van der Waals surface area contributed by atoms with Crippen LogP contribution < -0.4 is 0 Å². The van der Waals surface area contributed by atoms with Gasteiger partial charge in [0.2, 0.25) is 0 Å².